The fourth-order valence-corrected chi connectivity index (χ4v) is 2.67. The van der Waals surface area contributed by atoms with E-state index in [2.05, 4.69) is 18.2 Å². The van der Waals surface area contributed by atoms with Crippen LogP contribution in [0.1, 0.15) is 36.5 Å². The number of aryl methyl sites for hydroxylation is 2. The molecule has 1 aromatic rings. The third kappa shape index (κ3) is 3.57. The SMILES string of the molecule is CC(O)C(=O)N(C)CCc1ccc2c(c1)CCCC2. The summed E-state index contributed by atoms with van der Waals surface area (Å²) in [5.74, 6) is -0.210. The minimum Gasteiger partial charge on any atom is -0.384 e. The highest BCUT2D eigenvalue weighted by molar-refractivity contribution is 5.79. The molecule has 0 heterocycles. The second-order valence-corrected chi connectivity index (χ2v) is 5.50. The quantitative estimate of drug-likeness (QED) is 0.900. The van der Waals surface area contributed by atoms with Crippen LogP contribution in [0.15, 0.2) is 18.2 Å². The van der Waals surface area contributed by atoms with Crippen LogP contribution >= 0.6 is 0 Å². The summed E-state index contributed by atoms with van der Waals surface area (Å²) in [4.78, 5) is 13.2. The average molecular weight is 261 g/mol. The molecule has 1 amide bonds. The molecule has 1 aliphatic rings. The number of carbonyl (C=O) groups is 1. The summed E-state index contributed by atoms with van der Waals surface area (Å²) in [6.07, 6.45) is 4.92. The van der Waals surface area contributed by atoms with Gasteiger partial charge in [-0.1, -0.05) is 18.2 Å². The first-order valence-corrected chi connectivity index (χ1v) is 7.11. The van der Waals surface area contributed by atoms with Gasteiger partial charge < -0.3 is 10.0 Å². The summed E-state index contributed by atoms with van der Waals surface area (Å²) < 4.78 is 0. The molecule has 0 saturated carbocycles. The van der Waals surface area contributed by atoms with Gasteiger partial charge in [0.1, 0.15) is 6.10 Å². The van der Waals surface area contributed by atoms with Crippen molar-refractivity contribution in [2.75, 3.05) is 13.6 Å². The van der Waals surface area contributed by atoms with Gasteiger partial charge >= 0.3 is 0 Å². The molecular weight excluding hydrogens is 238 g/mol. The smallest absolute Gasteiger partial charge is 0.250 e. The Hall–Kier alpha value is -1.35. The van der Waals surface area contributed by atoms with Gasteiger partial charge in [-0.25, -0.2) is 0 Å². The van der Waals surface area contributed by atoms with Crippen molar-refractivity contribution in [3.63, 3.8) is 0 Å². The highest BCUT2D eigenvalue weighted by Crippen LogP contribution is 2.22. The standard InChI is InChI=1S/C16H23NO2/c1-12(18)16(19)17(2)10-9-13-7-8-14-5-3-4-6-15(14)11-13/h7-8,11-12,18H,3-6,9-10H2,1-2H3. The number of likely N-dealkylation sites (N-methyl/N-ethyl adjacent to an activating group) is 1. The van der Waals surface area contributed by atoms with Gasteiger partial charge in [0.05, 0.1) is 0 Å². The molecule has 0 bridgehead atoms. The third-order valence-electron chi connectivity index (χ3n) is 3.88. The zero-order valence-corrected chi connectivity index (χ0v) is 11.9. The number of fused-ring (bicyclic) bond motifs is 1. The molecule has 104 valence electrons. The van der Waals surface area contributed by atoms with E-state index in [-0.39, 0.29) is 5.91 Å². The Morgan fingerprint density at radius 2 is 2.00 bits per heavy atom. The van der Waals surface area contributed by atoms with Gasteiger partial charge in [0, 0.05) is 13.6 Å². The maximum atomic E-state index is 11.6. The number of aliphatic hydroxyl groups excluding tert-OH is 1. The molecule has 0 fully saturated rings. The van der Waals surface area contributed by atoms with Crippen molar-refractivity contribution in [3.05, 3.63) is 34.9 Å². The molecule has 1 unspecified atom stereocenters. The summed E-state index contributed by atoms with van der Waals surface area (Å²) in [7, 11) is 1.74. The van der Waals surface area contributed by atoms with Crippen molar-refractivity contribution < 1.29 is 9.90 Å². The average Bonchev–Trinajstić information content (AvgIpc) is 2.43. The Balaban J connectivity index is 1.94. The first-order valence-electron chi connectivity index (χ1n) is 7.11. The predicted molar refractivity (Wildman–Crippen MR) is 76.1 cm³/mol. The van der Waals surface area contributed by atoms with Crippen LogP contribution in [0.25, 0.3) is 0 Å². The first kappa shape index (κ1) is 14.1. The van der Waals surface area contributed by atoms with Gasteiger partial charge in [-0.2, -0.15) is 0 Å². The molecule has 1 aliphatic carbocycles. The van der Waals surface area contributed by atoms with E-state index in [4.69, 9.17) is 0 Å². The van der Waals surface area contributed by atoms with Gasteiger partial charge in [-0.15, -0.1) is 0 Å². The van der Waals surface area contributed by atoms with Crippen molar-refractivity contribution in [1.29, 1.82) is 0 Å². The predicted octanol–water partition coefficient (Wildman–Crippen LogP) is 1.95. The normalized spacial score (nSPS) is 15.7. The molecule has 1 atom stereocenters. The molecular formula is C16H23NO2. The molecule has 0 aliphatic heterocycles. The van der Waals surface area contributed by atoms with Crippen molar-refractivity contribution in [2.45, 2.75) is 45.1 Å². The van der Waals surface area contributed by atoms with Crippen LogP contribution < -0.4 is 0 Å². The number of rotatable bonds is 4. The Labute approximate surface area is 115 Å². The summed E-state index contributed by atoms with van der Waals surface area (Å²) >= 11 is 0. The monoisotopic (exact) mass is 261 g/mol. The number of carbonyl (C=O) groups excluding carboxylic acids is 1. The van der Waals surface area contributed by atoms with E-state index in [0.717, 1.165) is 6.42 Å². The fourth-order valence-electron chi connectivity index (χ4n) is 2.67. The van der Waals surface area contributed by atoms with Crippen LogP contribution in [-0.2, 0) is 24.1 Å². The third-order valence-corrected chi connectivity index (χ3v) is 3.88. The zero-order valence-electron chi connectivity index (χ0n) is 11.9. The zero-order chi connectivity index (χ0) is 13.8. The van der Waals surface area contributed by atoms with E-state index < -0.39 is 6.10 Å². The van der Waals surface area contributed by atoms with Gasteiger partial charge in [-0.05, 0) is 55.7 Å². The Morgan fingerprint density at radius 3 is 2.68 bits per heavy atom. The number of benzene rings is 1. The molecule has 3 heteroatoms. The van der Waals surface area contributed by atoms with E-state index in [1.807, 2.05) is 0 Å². The van der Waals surface area contributed by atoms with Gasteiger partial charge in [0.2, 0.25) is 0 Å². The first-order chi connectivity index (χ1) is 9.08. The lowest BCUT2D eigenvalue weighted by Gasteiger charge is -2.20. The van der Waals surface area contributed by atoms with Crippen molar-refractivity contribution in [3.8, 4) is 0 Å². The minimum atomic E-state index is -0.909. The minimum absolute atomic E-state index is 0.210. The molecule has 0 spiro atoms. The number of hydrogen-bond donors (Lipinski definition) is 1. The molecule has 0 radical (unpaired) electrons. The van der Waals surface area contributed by atoms with Crippen molar-refractivity contribution in [1.82, 2.24) is 4.90 Å². The lowest BCUT2D eigenvalue weighted by atomic mass is 9.90. The molecule has 0 aromatic heterocycles. The Bertz CT molecular complexity index is 454. The van der Waals surface area contributed by atoms with E-state index in [1.54, 1.807) is 11.9 Å². The van der Waals surface area contributed by atoms with Crippen LogP contribution in [0, 0.1) is 0 Å². The topological polar surface area (TPSA) is 40.5 Å². The molecule has 2 rings (SSSR count). The molecule has 3 nitrogen and oxygen atoms in total. The van der Waals surface area contributed by atoms with Crippen LogP contribution in [0.4, 0.5) is 0 Å². The fraction of sp³-hybridized carbons (Fsp3) is 0.562. The van der Waals surface area contributed by atoms with E-state index in [9.17, 15) is 9.90 Å². The number of amides is 1. The second-order valence-electron chi connectivity index (χ2n) is 5.50. The van der Waals surface area contributed by atoms with Crippen LogP contribution in [0.3, 0.4) is 0 Å². The van der Waals surface area contributed by atoms with Crippen LogP contribution in [0.5, 0.6) is 0 Å². The highest BCUT2D eigenvalue weighted by Gasteiger charge is 2.14. The van der Waals surface area contributed by atoms with E-state index in [0.29, 0.717) is 6.54 Å². The van der Waals surface area contributed by atoms with Crippen molar-refractivity contribution >= 4 is 5.91 Å². The maximum Gasteiger partial charge on any atom is 0.250 e. The van der Waals surface area contributed by atoms with Gasteiger partial charge in [-0.3, -0.25) is 4.79 Å². The molecule has 0 saturated heterocycles. The summed E-state index contributed by atoms with van der Waals surface area (Å²) in [6.45, 7) is 2.17. The van der Waals surface area contributed by atoms with Gasteiger partial charge in [0.25, 0.3) is 5.91 Å². The summed E-state index contributed by atoms with van der Waals surface area (Å²) in [5, 5.41) is 9.26. The van der Waals surface area contributed by atoms with Crippen molar-refractivity contribution in [2.24, 2.45) is 0 Å². The summed E-state index contributed by atoms with van der Waals surface area (Å²) in [6, 6.07) is 6.69. The molecule has 19 heavy (non-hydrogen) atoms. The van der Waals surface area contributed by atoms with E-state index >= 15 is 0 Å². The number of aliphatic hydroxyl groups is 1. The molecule has 1 aromatic carbocycles. The maximum absolute atomic E-state index is 11.6. The number of hydrogen-bond acceptors (Lipinski definition) is 2. The lowest BCUT2D eigenvalue weighted by Crippen LogP contribution is -2.35. The highest BCUT2D eigenvalue weighted by atomic mass is 16.3. The largest absolute Gasteiger partial charge is 0.384 e. The van der Waals surface area contributed by atoms with E-state index in [1.165, 1.54) is 49.3 Å². The number of nitrogens with zero attached hydrogens (tertiary/aromatic N) is 1. The van der Waals surface area contributed by atoms with Gasteiger partial charge in [0.15, 0.2) is 0 Å². The van der Waals surface area contributed by atoms with Crippen LogP contribution in [-0.4, -0.2) is 35.6 Å². The Kier molecular flexibility index (Phi) is 4.59. The lowest BCUT2D eigenvalue weighted by molar-refractivity contribution is -0.137. The molecule has 1 N–H and O–H groups in total. The summed E-state index contributed by atoms with van der Waals surface area (Å²) in [5.41, 5.74) is 4.25. The Morgan fingerprint density at radius 1 is 1.32 bits per heavy atom. The van der Waals surface area contributed by atoms with Crippen LogP contribution in [0.2, 0.25) is 0 Å². The second kappa shape index (κ2) is 6.20.